The van der Waals surface area contributed by atoms with Crippen molar-refractivity contribution >= 4 is 34.4 Å². The summed E-state index contributed by atoms with van der Waals surface area (Å²) in [6.07, 6.45) is 1.43. The van der Waals surface area contributed by atoms with Crippen molar-refractivity contribution in [3.05, 3.63) is 113 Å². The molecule has 4 aromatic rings. The SMILES string of the molecule is N#CC(=Cc1ccccc1OCc1cccc2ccccc12)C(=O)Nc1ccccc1C(=O)O. The van der Waals surface area contributed by atoms with Crippen LogP contribution in [0.3, 0.4) is 0 Å². The number of carboxylic acids is 1. The van der Waals surface area contributed by atoms with E-state index in [1.165, 1.54) is 18.2 Å². The van der Waals surface area contributed by atoms with Crippen LogP contribution in [0.5, 0.6) is 5.75 Å². The lowest BCUT2D eigenvalue weighted by Gasteiger charge is -2.12. The minimum absolute atomic E-state index is 0.0630. The lowest BCUT2D eigenvalue weighted by molar-refractivity contribution is -0.112. The summed E-state index contributed by atoms with van der Waals surface area (Å²) in [5.74, 6) is -1.37. The first-order valence-corrected chi connectivity index (χ1v) is 10.5. The molecule has 6 heteroatoms. The molecule has 0 aliphatic carbocycles. The van der Waals surface area contributed by atoms with Crippen LogP contribution in [0, 0.1) is 11.3 Å². The number of carboxylic acid groups (broad SMARTS) is 1. The standard InChI is InChI=1S/C28H20N2O4/c29-17-22(27(31)30-25-14-5-4-13-24(25)28(32)33)16-20-9-2-6-15-26(20)34-18-21-11-7-10-19-8-1-3-12-23(19)21/h1-16H,18H2,(H,30,31)(H,32,33). The molecular weight excluding hydrogens is 428 g/mol. The number of hydrogen-bond acceptors (Lipinski definition) is 4. The third kappa shape index (κ3) is 4.95. The number of para-hydroxylation sites is 2. The first-order chi connectivity index (χ1) is 16.6. The van der Waals surface area contributed by atoms with Crippen molar-refractivity contribution in [3.63, 3.8) is 0 Å². The fourth-order valence-electron chi connectivity index (χ4n) is 3.58. The van der Waals surface area contributed by atoms with Gasteiger partial charge in [-0.2, -0.15) is 5.26 Å². The van der Waals surface area contributed by atoms with Crippen LogP contribution in [-0.2, 0) is 11.4 Å². The molecule has 4 rings (SSSR count). The van der Waals surface area contributed by atoms with Gasteiger partial charge in [-0.15, -0.1) is 0 Å². The summed E-state index contributed by atoms with van der Waals surface area (Å²) in [5, 5.41) is 23.6. The van der Waals surface area contributed by atoms with Gasteiger partial charge in [0, 0.05) is 5.56 Å². The van der Waals surface area contributed by atoms with Gasteiger partial charge in [0.15, 0.2) is 0 Å². The first kappa shape index (κ1) is 22.3. The van der Waals surface area contributed by atoms with Gasteiger partial charge in [-0.1, -0.05) is 72.8 Å². The molecule has 0 fully saturated rings. The van der Waals surface area contributed by atoms with Crippen LogP contribution in [0.25, 0.3) is 16.8 Å². The predicted molar refractivity (Wildman–Crippen MR) is 130 cm³/mol. The van der Waals surface area contributed by atoms with E-state index >= 15 is 0 Å². The average Bonchev–Trinajstić information content (AvgIpc) is 2.86. The van der Waals surface area contributed by atoms with Crippen molar-refractivity contribution in [2.75, 3.05) is 5.32 Å². The molecule has 0 atom stereocenters. The van der Waals surface area contributed by atoms with Crippen molar-refractivity contribution in [1.82, 2.24) is 0 Å². The highest BCUT2D eigenvalue weighted by molar-refractivity contribution is 6.12. The van der Waals surface area contributed by atoms with E-state index in [-0.39, 0.29) is 16.8 Å². The lowest BCUT2D eigenvalue weighted by Crippen LogP contribution is -2.16. The molecule has 0 spiro atoms. The second kappa shape index (κ2) is 10.2. The molecule has 166 valence electrons. The number of anilines is 1. The molecule has 0 bridgehead atoms. The summed E-state index contributed by atoms with van der Waals surface area (Å²) in [6.45, 7) is 0.312. The Labute approximate surface area is 196 Å². The molecule has 4 aromatic carbocycles. The Morgan fingerprint density at radius 1 is 0.912 bits per heavy atom. The smallest absolute Gasteiger partial charge is 0.337 e. The number of hydrogen-bond donors (Lipinski definition) is 2. The topological polar surface area (TPSA) is 99.4 Å². The van der Waals surface area contributed by atoms with Crippen LogP contribution in [0.1, 0.15) is 21.5 Å². The Kier molecular flexibility index (Phi) is 6.66. The average molecular weight is 448 g/mol. The molecular formula is C28H20N2O4. The molecule has 0 unspecified atom stereocenters. The zero-order chi connectivity index (χ0) is 23.9. The van der Waals surface area contributed by atoms with E-state index in [2.05, 4.69) is 5.32 Å². The van der Waals surface area contributed by atoms with Gasteiger partial charge in [0.1, 0.15) is 24.0 Å². The van der Waals surface area contributed by atoms with Gasteiger partial charge < -0.3 is 15.2 Å². The minimum atomic E-state index is -1.18. The van der Waals surface area contributed by atoms with Gasteiger partial charge in [0.05, 0.1) is 11.3 Å². The Morgan fingerprint density at radius 2 is 1.62 bits per heavy atom. The maximum Gasteiger partial charge on any atom is 0.337 e. The molecule has 0 aromatic heterocycles. The van der Waals surface area contributed by atoms with Gasteiger partial charge >= 0.3 is 5.97 Å². The van der Waals surface area contributed by atoms with Crippen LogP contribution >= 0.6 is 0 Å². The van der Waals surface area contributed by atoms with Gasteiger partial charge in [0.2, 0.25) is 0 Å². The molecule has 0 aliphatic rings. The second-order valence-corrected chi connectivity index (χ2v) is 7.44. The van der Waals surface area contributed by atoms with Crippen LogP contribution in [0.15, 0.2) is 96.6 Å². The summed E-state index contributed by atoms with van der Waals surface area (Å²) < 4.78 is 6.06. The van der Waals surface area contributed by atoms with Gasteiger partial charge in [-0.25, -0.2) is 4.79 Å². The van der Waals surface area contributed by atoms with Crippen molar-refractivity contribution in [2.45, 2.75) is 6.61 Å². The Balaban J connectivity index is 1.57. The van der Waals surface area contributed by atoms with E-state index in [0.29, 0.717) is 17.9 Å². The molecule has 6 nitrogen and oxygen atoms in total. The number of aromatic carboxylic acids is 1. The third-order valence-corrected chi connectivity index (χ3v) is 5.25. The monoisotopic (exact) mass is 448 g/mol. The lowest BCUT2D eigenvalue weighted by atomic mass is 10.1. The molecule has 34 heavy (non-hydrogen) atoms. The number of fused-ring (bicyclic) bond motifs is 1. The van der Waals surface area contributed by atoms with Crippen LogP contribution in [-0.4, -0.2) is 17.0 Å². The van der Waals surface area contributed by atoms with Crippen molar-refractivity contribution in [2.24, 2.45) is 0 Å². The number of benzene rings is 4. The van der Waals surface area contributed by atoms with Crippen molar-refractivity contribution < 1.29 is 19.4 Å². The Bertz CT molecular complexity index is 1450. The number of carbonyl (C=O) groups is 2. The van der Waals surface area contributed by atoms with Crippen molar-refractivity contribution in [3.8, 4) is 11.8 Å². The fraction of sp³-hybridized carbons (Fsp3) is 0.0357. The number of nitrogens with zero attached hydrogens (tertiary/aromatic N) is 1. The molecule has 0 radical (unpaired) electrons. The first-order valence-electron chi connectivity index (χ1n) is 10.5. The highest BCUT2D eigenvalue weighted by Gasteiger charge is 2.15. The Morgan fingerprint density at radius 3 is 2.44 bits per heavy atom. The van der Waals surface area contributed by atoms with Gasteiger partial charge in [-0.05, 0) is 40.6 Å². The van der Waals surface area contributed by atoms with E-state index in [9.17, 15) is 20.0 Å². The second-order valence-electron chi connectivity index (χ2n) is 7.44. The summed E-state index contributed by atoms with van der Waals surface area (Å²) in [5.41, 5.74) is 1.44. The highest BCUT2D eigenvalue weighted by atomic mass is 16.5. The largest absolute Gasteiger partial charge is 0.488 e. The minimum Gasteiger partial charge on any atom is -0.488 e. The third-order valence-electron chi connectivity index (χ3n) is 5.25. The molecule has 0 saturated heterocycles. The van der Waals surface area contributed by atoms with Gasteiger partial charge in [0.25, 0.3) is 5.91 Å². The zero-order valence-corrected chi connectivity index (χ0v) is 18.1. The maximum atomic E-state index is 12.7. The highest BCUT2D eigenvalue weighted by Crippen LogP contribution is 2.25. The molecule has 2 N–H and O–H groups in total. The van der Waals surface area contributed by atoms with Crippen LogP contribution in [0.4, 0.5) is 5.69 Å². The number of carbonyl (C=O) groups excluding carboxylic acids is 1. The molecule has 0 saturated carbocycles. The van der Waals surface area contributed by atoms with Crippen LogP contribution in [0.2, 0.25) is 0 Å². The Hall–Kier alpha value is -4.89. The number of ether oxygens (including phenoxy) is 1. The number of amides is 1. The van der Waals surface area contributed by atoms with E-state index in [4.69, 9.17) is 4.74 Å². The molecule has 0 aliphatic heterocycles. The van der Waals surface area contributed by atoms with Gasteiger partial charge in [-0.3, -0.25) is 4.79 Å². The fourth-order valence-corrected chi connectivity index (χ4v) is 3.58. The van der Waals surface area contributed by atoms with Crippen molar-refractivity contribution in [1.29, 1.82) is 5.26 Å². The number of nitrogens with one attached hydrogen (secondary N) is 1. The molecule has 0 heterocycles. The zero-order valence-electron chi connectivity index (χ0n) is 18.1. The summed E-state index contributed by atoms with van der Waals surface area (Å²) >= 11 is 0. The maximum absolute atomic E-state index is 12.7. The summed E-state index contributed by atoms with van der Waals surface area (Å²) in [7, 11) is 0. The van der Waals surface area contributed by atoms with E-state index in [1.54, 1.807) is 30.3 Å². The summed E-state index contributed by atoms with van der Waals surface area (Å²) in [6, 6.07) is 29.0. The van der Waals surface area contributed by atoms with E-state index < -0.39 is 11.9 Å². The quantitative estimate of drug-likeness (QED) is 0.281. The van der Waals surface area contributed by atoms with E-state index in [0.717, 1.165) is 16.3 Å². The normalized spacial score (nSPS) is 11.0. The van der Waals surface area contributed by atoms with Crippen LogP contribution < -0.4 is 10.1 Å². The number of rotatable bonds is 7. The van der Waals surface area contributed by atoms with E-state index in [1.807, 2.05) is 54.6 Å². The summed E-state index contributed by atoms with van der Waals surface area (Å²) in [4.78, 5) is 24.1. The predicted octanol–water partition coefficient (Wildman–Crippen LogP) is 5.66. The number of nitriles is 1. The molecule has 1 amide bonds.